The molecule has 0 amide bonds. The molecule has 5 heteroatoms. The van der Waals surface area contributed by atoms with Gasteiger partial charge in [0.2, 0.25) is 6.79 Å². The number of nitrogens with zero attached hydrogens (tertiary/aromatic N) is 2. The van der Waals surface area contributed by atoms with Crippen LogP contribution in [0.2, 0.25) is 0 Å². The van der Waals surface area contributed by atoms with Crippen LogP contribution in [-0.2, 0) is 6.42 Å². The Kier molecular flexibility index (Phi) is 2.80. The normalized spacial score (nSPS) is 19.2. The maximum absolute atomic E-state index is 5.50. The molecule has 0 bridgehead atoms. The topological polar surface area (TPSA) is 48.3 Å². The van der Waals surface area contributed by atoms with Crippen molar-refractivity contribution in [3.05, 3.63) is 35.0 Å². The molecule has 2 aliphatic rings. The number of rotatable bonds is 2. The highest BCUT2D eigenvalue weighted by atomic mass is 16.7. The summed E-state index contributed by atoms with van der Waals surface area (Å²) in [4.78, 5) is 0. The van der Waals surface area contributed by atoms with E-state index in [4.69, 9.17) is 14.6 Å². The van der Waals surface area contributed by atoms with E-state index >= 15 is 0 Å². The fourth-order valence-electron chi connectivity index (χ4n) is 3.22. The molecule has 0 fully saturated rings. The van der Waals surface area contributed by atoms with Crippen LogP contribution in [0.4, 0.5) is 5.82 Å². The second kappa shape index (κ2) is 4.69. The Morgan fingerprint density at radius 3 is 3.05 bits per heavy atom. The third-order valence-corrected chi connectivity index (χ3v) is 4.37. The molecule has 0 spiro atoms. The number of hydrogen-bond acceptors (Lipinski definition) is 4. The van der Waals surface area contributed by atoms with E-state index in [-0.39, 0.29) is 6.04 Å². The Labute approximate surface area is 123 Å². The third kappa shape index (κ3) is 1.87. The van der Waals surface area contributed by atoms with Crippen LogP contribution in [0, 0.1) is 6.92 Å². The number of aromatic nitrogens is 2. The third-order valence-electron chi connectivity index (χ3n) is 4.37. The summed E-state index contributed by atoms with van der Waals surface area (Å²) in [6.45, 7) is 5.58. The van der Waals surface area contributed by atoms with Gasteiger partial charge >= 0.3 is 0 Å². The summed E-state index contributed by atoms with van der Waals surface area (Å²) in [5.74, 6) is 2.83. The minimum atomic E-state index is 0.259. The molecule has 0 aliphatic carbocycles. The van der Waals surface area contributed by atoms with Crippen molar-refractivity contribution in [1.29, 1.82) is 0 Å². The Hall–Kier alpha value is -2.17. The molecule has 1 aromatic heterocycles. The highest BCUT2D eigenvalue weighted by molar-refractivity contribution is 5.51. The number of aryl methyl sites for hydroxylation is 1. The molecule has 2 aromatic rings. The van der Waals surface area contributed by atoms with Crippen molar-refractivity contribution >= 4 is 5.82 Å². The second-order valence-electron chi connectivity index (χ2n) is 5.56. The summed E-state index contributed by atoms with van der Waals surface area (Å²) in [6, 6.07) is 6.46. The van der Waals surface area contributed by atoms with Crippen molar-refractivity contribution in [1.82, 2.24) is 9.78 Å². The van der Waals surface area contributed by atoms with E-state index in [0.717, 1.165) is 36.7 Å². The number of benzene rings is 1. The summed E-state index contributed by atoms with van der Waals surface area (Å²) in [5.41, 5.74) is 3.67. The van der Waals surface area contributed by atoms with Crippen LogP contribution in [0.15, 0.2) is 18.2 Å². The molecule has 4 rings (SSSR count). The largest absolute Gasteiger partial charge is 0.454 e. The first kappa shape index (κ1) is 12.6. The predicted octanol–water partition coefficient (Wildman–Crippen LogP) is 2.89. The average molecular weight is 285 g/mol. The van der Waals surface area contributed by atoms with Crippen LogP contribution in [0.25, 0.3) is 0 Å². The van der Waals surface area contributed by atoms with Gasteiger partial charge in [-0.05, 0) is 37.5 Å². The molecule has 3 heterocycles. The Morgan fingerprint density at radius 2 is 2.19 bits per heavy atom. The lowest BCUT2D eigenvalue weighted by Crippen LogP contribution is -2.24. The minimum Gasteiger partial charge on any atom is -0.454 e. The van der Waals surface area contributed by atoms with Crippen LogP contribution in [0.5, 0.6) is 11.5 Å². The van der Waals surface area contributed by atoms with Gasteiger partial charge in [-0.2, -0.15) is 5.10 Å². The van der Waals surface area contributed by atoms with Gasteiger partial charge in [0, 0.05) is 12.1 Å². The summed E-state index contributed by atoms with van der Waals surface area (Å²) in [5, 5.41) is 8.28. The molecule has 5 nitrogen and oxygen atoms in total. The lowest BCUT2D eigenvalue weighted by atomic mass is 10.0. The van der Waals surface area contributed by atoms with Gasteiger partial charge in [-0.1, -0.05) is 13.0 Å². The maximum atomic E-state index is 5.50. The van der Waals surface area contributed by atoms with E-state index in [1.807, 2.05) is 6.07 Å². The average Bonchev–Trinajstić information content (AvgIpc) is 3.11. The fourth-order valence-corrected chi connectivity index (χ4v) is 3.22. The monoisotopic (exact) mass is 285 g/mol. The standard InChI is InChI=1S/C16H19N3O2/c1-3-12-10(2)16-17-7-6-13(19(16)18-12)11-4-5-14-15(8-11)21-9-20-14/h4-5,8,13,17H,3,6-7,9H2,1-2H3. The van der Waals surface area contributed by atoms with Crippen molar-refractivity contribution < 1.29 is 9.47 Å². The lowest BCUT2D eigenvalue weighted by molar-refractivity contribution is 0.174. The quantitative estimate of drug-likeness (QED) is 0.921. The molecule has 1 aromatic carbocycles. The van der Waals surface area contributed by atoms with Crippen molar-refractivity contribution in [2.24, 2.45) is 0 Å². The Morgan fingerprint density at radius 1 is 1.33 bits per heavy atom. The number of fused-ring (bicyclic) bond motifs is 2. The summed E-state index contributed by atoms with van der Waals surface area (Å²) in [6.07, 6.45) is 1.98. The number of anilines is 1. The zero-order valence-corrected chi connectivity index (χ0v) is 12.3. The van der Waals surface area contributed by atoms with Crippen LogP contribution in [0.3, 0.4) is 0 Å². The minimum absolute atomic E-state index is 0.259. The van der Waals surface area contributed by atoms with E-state index in [1.165, 1.54) is 16.8 Å². The molecule has 0 radical (unpaired) electrons. The van der Waals surface area contributed by atoms with Crippen molar-refractivity contribution in [3.63, 3.8) is 0 Å². The first-order valence-corrected chi connectivity index (χ1v) is 7.49. The molecular weight excluding hydrogens is 266 g/mol. The predicted molar refractivity (Wildman–Crippen MR) is 80.2 cm³/mol. The first-order valence-electron chi connectivity index (χ1n) is 7.49. The van der Waals surface area contributed by atoms with Crippen molar-refractivity contribution in [2.45, 2.75) is 32.7 Å². The van der Waals surface area contributed by atoms with Crippen LogP contribution in [0.1, 0.15) is 36.2 Å². The van der Waals surface area contributed by atoms with Crippen LogP contribution < -0.4 is 14.8 Å². The molecule has 21 heavy (non-hydrogen) atoms. The van der Waals surface area contributed by atoms with Gasteiger partial charge in [0.1, 0.15) is 5.82 Å². The van der Waals surface area contributed by atoms with E-state index in [0.29, 0.717) is 6.79 Å². The highest BCUT2D eigenvalue weighted by Gasteiger charge is 2.26. The number of hydrogen-bond donors (Lipinski definition) is 1. The van der Waals surface area contributed by atoms with Crippen LogP contribution in [-0.4, -0.2) is 23.1 Å². The number of ether oxygens (including phenoxy) is 2. The summed E-state index contributed by atoms with van der Waals surface area (Å²) < 4.78 is 13.0. The van der Waals surface area contributed by atoms with Gasteiger partial charge in [0.15, 0.2) is 11.5 Å². The van der Waals surface area contributed by atoms with E-state index in [9.17, 15) is 0 Å². The lowest BCUT2D eigenvalue weighted by Gasteiger charge is -2.26. The van der Waals surface area contributed by atoms with Gasteiger partial charge in [0.05, 0.1) is 11.7 Å². The molecule has 1 N–H and O–H groups in total. The molecule has 2 aliphatic heterocycles. The maximum Gasteiger partial charge on any atom is 0.231 e. The van der Waals surface area contributed by atoms with Gasteiger partial charge in [0.25, 0.3) is 0 Å². The van der Waals surface area contributed by atoms with Crippen molar-refractivity contribution in [2.75, 3.05) is 18.7 Å². The summed E-state index contributed by atoms with van der Waals surface area (Å²) in [7, 11) is 0. The molecule has 0 saturated carbocycles. The van der Waals surface area contributed by atoms with Crippen molar-refractivity contribution in [3.8, 4) is 11.5 Å². The smallest absolute Gasteiger partial charge is 0.231 e. The van der Waals surface area contributed by atoms with E-state index in [1.54, 1.807) is 0 Å². The Balaban J connectivity index is 1.77. The molecular formula is C16H19N3O2. The zero-order chi connectivity index (χ0) is 14.4. The van der Waals surface area contributed by atoms with Gasteiger partial charge < -0.3 is 14.8 Å². The molecule has 1 unspecified atom stereocenters. The summed E-state index contributed by atoms with van der Waals surface area (Å²) >= 11 is 0. The van der Waals surface area contributed by atoms with Crippen LogP contribution >= 0.6 is 0 Å². The number of nitrogens with one attached hydrogen (secondary N) is 1. The Bertz CT molecular complexity index is 693. The fraction of sp³-hybridized carbons (Fsp3) is 0.438. The van der Waals surface area contributed by atoms with Gasteiger partial charge in [-0.15, -0.1) is 0 Å². The van der Waals surface area contributed by atoms with Gasteiger partial charge in [-0.25, -0.2) is 4.68 Å². The van der Waals surface area contributed by atoms with Gasteiger partial charge in [-0.3, -0.25) is 0 Å². The molecule has 0 saturated heterocycles. The SMILES string of the molecule is CCc1nn2c(c1C)NCCC2c1ccc2c(c1)OCO2. The zero-order valence-electron chi connectivity index (χ0n) is 12.3. The molecule has 110 valence electrons. The van der Waals surface area contributed by atoms with E-state index in [2.05, 4.69) is 36.0 Å². The first-order chi connectivity index (χ1) is 10.3. The molecule has 1 atom stereocenters. The second-order valence-corrected chi connectivity index (χ2v) is 5.56. The van der Waals surface area contributed by atoms with E-state index < -0.39 is 0 Å². The highest BCUT2D eigenvalue weighted by Crippen LogP contribution is 2.38.